The third kappa shape index (κ3) is 10.8. The number of ketones is 1. The molecule has 9 aromatic rings. The SMILES string of the molecule is CC(=O)c1ccc(C(=O)Nc2c3ncnc(C(=O)NCc4ccnc(C(F)(F)F)c4)c3nn2C)cc1.Cc1cc(CNC(=O)c2ncnc3c(NC(=O)c4ccc(-c5nn[nH]n5)cc4)nn(C)c23)ccc1F. The Labute approximate surface area is 402 Å². The van der Waals surface area contributed by atoms with Gasteiger partial charge < -0.3 is 21.3 Å². The third-order valence-electron chi connectivity index (χ3n) is 10.7. The summed E-state index contributed by atoms with van der Waals surface area (Å²) in [6.45, 7) is 3.05. The summed E-state index contributed by atoms with van der Waals surface area (Å²) in [5.41, 5.74) is 3.11. The summed E-state index contributed by atoms with van der Waals surface area (Å²) in [4.78, 5) is 82.4. The van der Waals surface area contributed by atoms with Crippen molar-refractivity contribution in [3.8, 4) is 11.4 Å². The lowest BCUT2D eigenvalue weighted by Gasteiger charge is -2.09. The number of aromatic amines is 1. The van der Waals surface area contributed by atoms with Crippen LogP contribution in [0.3, 0.4) is 0 Å². The van der Waals surface area contributed by atoms with Gasteiger partial charge in [0.25, 0.3) is 23.6 Å². The third-order valence-corrected chi connectivity index (χ3v) is 10.7. The highest BCUT2D eigenvalue weighted by molar-refractivity contribution is 6.11. The van der Waals surface area contributed by atoms with Gasteiger partial charge in [-0.25, -0.2) is 29.0 Å². The van der Waals surface area contributed by atoms with Crippen molar-refractivity contribution < 1.29 is 41.5 Å². The van der Waals surface area contributed by atoms with Gasteiger partial charge in [-0.05, 0) is 78.2 Å². The molecule has 22 nitrogen and oxygen atoms in total. The van der Waals surface area contributed by atoms with Crippen molar-refractivity contribution in [1.29, 1.82) is 0 Å². The van der Waals surface area contributed by atoms with Crippen LogP contribution < -0.4 is 21.3 Å². The summed E-state index contributed by atoms with van der Waals surface area (Å²) in [6, 6.07) is 19.5. The minimum Gasteiger partial charge on any atom is -0.347 e. The van der Waals surface area contributed by atoms with Gasteiger partial charge in [0.1, 0.15) is 46.2 Å². The van der Waals surface area contributed by atoms with E-state index in [0.29, 0.717) is 39.1 Å². The minimum absolute atomic E-state index is 0.0884. The molecular formula is C46H37F4N17O5. The van der Waals surface area contributed by atoms with Crippen molar-refractivity contribution in [3.05, 3.63) is 154 Å². The summed E-state index contributed by atoms with van der Waals surface area (Å²) in [7, 11) is 3.16. The molecule has 3 aromatic carbocycles. The van der Waals surface area contributed by atoms with Crippen LogP contribution in [-0.4, -0.2) is 94.5 Å². The average Bonchev–Trinajstić information content (AvgIpc) is 4.11. The highest BCUT2D eigenvalue weighted by Crippen LogP contribution is 2.28. The second kappa shape index (κ2) is 20.5. The van der Waals surface area contributed by atoms with E-state index < -0.39 is 35.5 Å². The predicted molar refractivity (Wildman–Crippen MR) is 247 cm³/mol. The number of pyridine rings is 1. The van der Waals surface area contributed by atoms with Crippen LogP contribution in [-0.2, 0) is 33.4 Å². The first kappa shape index (κ1) is 48.7. The largest absolute Gasteiger partial charge is 0.433 e. The van der Waals surface area contributed by atoms with Gasteiger partial charge in [-0.3, -0.25) is 33.6 Å². The lowest BCUT2D eigenvalue weighted by molar-refractivity contribution is -0.141. The fraction of sp³-hybridized carbons (Fsp3) is 0.152. The van der Waals surface area contributed by atoms with E-state index in [2.05, 4.69) is 77.0 Å². The van der Waals surface area contributed by atoms with E-state index in [0.717, 1.165) is 24.2 Å². The van der Waals surface area contributed by atoms with Gasteiger partial charge >= 0.3 is 6.18 Å². The summed E-state index contributed by atoms with van der Waals surface area (Å²) in [6.07, 6.45) is -1.25. The Morgan fingerprint density at radius 2 is 1.26 bits per heavy atom. The second-order valence-electron chi connectivity index (χ2n) is 15.6. The smallest absolute Gasteiger partial charge is 0.347 e. The Hall–Kier alpha value is -9.75. The molecule has 0 saturated heterocycles. The zero-order valence-electron chi connectivity index (χ0n) is 38.1. The van der Waals surface area contributed by atoms with E-state index >= 15 is 0 Å². The van der Waals surface area contributed by atoms with E-state index in [9.17, 15) is 41.5 Å². The van der Waals surface area contributed by atoms with Crippen molar-refractivity contribution in [2.75, 3.05) is 10.6 Å². The topological polar surface area (TPSA) is 288 Å². The zero-order valence-corrected chi connectivity index (χ0v) is 38.1. The van der Waals surface area contributed by atoms with Crippen LogP contribution in [0.2, 0.25) is 0 Å². The maximum absolute atomic E-state index is 13.5. The summed E-state index contributed by atoms with van der Waals surface area (Å²) in [5.74, 6) is -1.69. The number of fused-ring (bicyclic) bond motifs is 2. The van der Waals surface area contributed by atoms with Crippen LogP contribution in [0.4, 0.5) is 29.2 Å². The predicted octanol–water partition coefficient (Wildman–Crippen LogP) is 5.34. The van der Waals surface area contributed by atoms with Crippen molar-refractivity contribution in [3.63, 3.8) is 0 Å². The van der Waals surface area contributed by atoms with E-state index in [1.165, 1.54) is 66.1 Å². The number of benzene rings is 3. The van der Waals surface area contributed by atoms with Crippen molar-refractivity contribution in [1.82, 2.24) is 75.7 Å². The quantitative estimate of drug-likeness (QED) is 0.0763. The molecule has 0 bridgehead atoms. The molecule has 0 fully saturated rings. The van der Waals surface area contributed by atoms with Crippen LogP contribution in [0, 0.1) is 12.7 Å². The number of aryl methyl sites for hydroxylation is 3. The number of carbonyl (C=O) groups is 5. The van der Waals surface area contributed by atoms with Gasteiger partial charge in [0.2, 0.25) is 5.82 Å². The summed E-state index contributed by atoms with van der Waals surface area (Å²) < 4.78 is 54.9. The first-order chi connectivity index (χ1) is 34.4. The monoisotopic (exact) mass is 983 g/mol. The maximum atomic E-state index is 13.5. The molecule has 0 spiro atoms. The highest BCUT2D eigenvalue weighted by Gasteiger charge is 2.32. The number of Topliss-reactive ketones (excluding diaryl/α,β-unsaturated/α-hetero) is 1. The Bertz CT molecular complexity index is 3530. The number of carbonyl (C=O) groups excluding carboxylic acids is 5. The molecule has 26 heteroatoms. The number of alkyl halides is 3. The molecule has 0 aliphatic heterocycles. The number of tetrazole rings is 1. The average molecular weight is 984 g/mol. The zero-order chi connectivity index (χ0) is 51.3. The van der Waals surface area contributed by atoms with Crippen molar-refractivity contribution in [2.45, 2.75) is 33.1 Å². The minimum atomic E-state index is -4.61. The number of amides is 4. The Morgan fingerprint density at radius 1 is 0.653 bits per heavy atom. The van der Waals surface area contributed by atoms with E-state index in [1.807, 2.05) is 0 Å². The fourth-order valence-corrected chi connectivity index (χ4v) is 7.02. The summed E-state index contributed by atoms with van der Waals surface area (Å²) in [5, 5.41) is 33.0. The Balaban J connectivity index is 0.000000193. The van der Waals surface area contributed by atoms with Crippen LogP contribution in [0.25, 0.3) is 33.5 Å². The first-order valence-corrected chi connectivity index (χ1v) is 21.2. The number of nitrogens with one attached hydrogen (secondary N) is 5. The van der Waals surface area contributed by atoms with Crippen molar-refractivity contribution >= 4 is 63.1 Å². The first-order valence-electron chi connectivity index (χ1n) is 21.2. The Morgan fingerprint density at radius 3 is 1.90 bits per heavy atom. The number of hydrogen-bond donors (Lipinski definition) is 5. The van der Waals surface area contributed by atoms with Gasteiger partial charge in [0.05, 0.1) is 0 Å². The van der Waals surface area contributed by atoms with Gasteiger partial charge in [-0.15, -0.1) is 10.2 Å². The molecule has 0 atom stereocenters. The van der Waals surface area contributed by atoms with Crippen molar-refractivity contribution in [2.24, 2.45) is 14.1 Å². The number of H-pyrrole nitrogens is 1. The number of halogens is 4. The standard InChI is InChI=1S/C23H18F3N7O3.C23H19FN10O2/c1-12(34)14-3-5-15(6-4-14)21(35)31-20-18-17(32-33(20)2)19(30-11-29-18)22(36)28-10-13-7-8-27-16(9-13)23(24,25)26;1-12-9-13(3-8-16(12)24)10-25-23(36)18-19-17(26-11-27-18)21(31-34(19)2)28-22(35)15-6-4-14(5-7-15)20-29-32-33-30-20/h3-9,11H,10H2,1-2H3,(H,28,36)(H,31,35);3-9,11H,10H2,1-2H3,(H,25,36)(H,28,31,35)(H,29,30,32,33). The molecule has 0 aliphatic carbocycles. The summed E-state index contributed by atoms with van der Waals surface area (Å²) >= 11 is 0. The van der Waals surface area contributed by atoms with Gasteiger partial charge in [-0.1, -0.05) is 36.4 Å². The molecule has 0 radical (unpaired) electrons. The molecule has 4 amide bonds. The molecule has 0 saturated carbocycles. The van der Waals surface area contributed by atoms with Crippen LogP contribution in [0.5, 0.6) is 0 Å². The molecule has 364 valence electrons. The molecule has 72 heavy (non-hydrogen) atoms. The van der Waals surface area contributed by atoms with Gasteiger partial charge in [0.15, 0.2) is 28.8 Å². The second-order valence-corrected chi connectivity index (χ2v) is 15.6. The van der Waals surface area contributed by atoms with Crippen LogP contribution in [0.1, 0.15) is 81.4 Å². The number of hydrogen-bond acceptors (Lipinski definition) is 15. The molecule has 9 rings (SSSR count). The molecule has 0 unspecified atom stereocenters. The van der Waals surface area contributed by atoms with E-state index in [1.54, 1.807) is 50.4 Å². The van der Waals surface area contributed by atoms with Gasteiger partial charge in [0, 0.05) is 55.6 Å². The number of aromatic nitrogens is 13. The molecular weight excluding hydrogens is 947 g/mol. The maximum Gasteiger partial charge on any atom is 0.433 e. The van der Waals surface area contributed by atoms with E-state index in [-0.39, 0.29) is 69.9 Å². The molecule has 6 aromatic heterocycles. The number of rotatable bonds is 12. The number of nitrogens with zero attached hydrogens (tertiary/aromatic N) is 12. The Kier molecular flexibility index (Phi) is 13.8. The lowest BCUT2D eigenvalue weighted by atomic mass is 10.1. The van der Waals surface area contributed by atoms with E-state index in [4.69, 9.17) is 0 Å². The number of anilines is 2. The van der Waals surface area contributed by atoms with Gasteiger partial charge in [-0.2, -0.15) is 28.6 Å². The lowest BCUT2D eigenvalue weighted by Crippen LogP contribution is -2.24. The molecule has 6 heterocycles. The van der Waals surface area contributed by atoms with Crippen LogP contribution >= 0.6 is 0 Å². The molecule has 0 aliphatic rings. The van der Waals surface area contributed by atoms with Crippen LogP contribution in [0.15, 0.2) is 97.7 Å². The fourth-order valence-electron chi connectivity index (χ4n) is 7.02. The normalized spacial score (nSPS) is 11.2. The highest BCUT2D eigenvalue weighted by atomic mass is 19.4. The molecule has 5 N–H and O–H groups in total.